The number of carbonyl (C=O) groups excluding carboxylic acids is 7. The van der Waals surface area contributed by atoms with Gasteiger partial charge in [-0.25, -0.2) is 0 Å². The van der Waals surface area contributed by atoms with Gasteiger partial charge < -0.3 is 86.4 Å². The van der Waals surface area contributed by atoms with Crippen molar-refractivity contribution in [2.24, 2.45) is 11.8 Å². The van der Waals surface area contributed by atoms with Crippen LogP contribution in [-0.4, -0.2) is 197 Å². The second-order valence-corrected chi connectivity index (χ2v) is 34.1. The lowest BCUT2D eigenvalue weighted by Crippen LogP contribution is -2.29. The van der Waals surface area contributed by atoms with Crippen molar-refractivity contribution in [3.8, 4) is 46.0 Å². The maximum absolute atomic E-state index is 11.3. The van der Waals surface area contributed by atoms with Crippen LogP contribution in [0.2, 0.25) is 0 Å². The number of aliphatic hydroxyl groups is 3. The molecule has 0 saturated heterocycles. The molecule has 0 bridgehead atoms. The van der Waals surface area contributed by atoms with E-state index < -0.39 is 72.4 Å². The Morgan fingerprint density at radius 2 is 0.426 bits per heavy atom. The lowest BCUT2D eigenvalue weighted by molar-refractivity contribution is -0.158. The van der Waals surface area contributed by atoms with Gasteiger partial charge in [-0.05, 0) is 142 Å². The highest BCUT2D eigenvalue weighted by Gasteiger charge is 2.29. The van der Waals surface area contributed by atoms with E-state index in [2.05, 4.69) is 86.6 Å². The van der Waals surface area contributed by atoms with Gasteiger partial charge in [0.05, 0.1) is 31.6 Å². The van der Waals surface area contributed by atoms with Crippen LogP contribution in [0.4, 0.5) is 0 Å². The van der Waals surface area contributed by atoms with E-state index >= 15 is 0 Å². The summed E-state index contributed by atoms with van der Waals surface area (Å²) in [6.07, 6.45) is -4.12. The van der Waals surface area contributed by atoms with E-state index in [-0.39, 0.29) is 105 Å². The molecule has 8 atom stereocenters. The Hall–Kier alpha value is -10.5. The molecule has 0 saturated carbocycles. The number of esters is 7. The molecule has 0 fully saturated rings. The van der Waals surface area contributed by atoms with Crippen molar-refractivity contribution in [1.29, 1.82) is 0 Å². The second-order valence-electron chi connectivity index (χ2n) is 32.8. The van der Waals surface area contributed by atoms with Crippen molar-refractivity contribution < 1.29 is 120 Å². The van der Waals surface area contributed by atoms with E-state index in [1.54, 1.807) is 0 Å². The third-order valence-corrected chi connectivity index (χ3v) is 21.9. The zero-order chi connectivity index (χ0) is 95.4. The summed E-state index contributed by atoms with van der Waals surface area (Å²) in [5.41, 5.74) is 7.96. The summed E-state index contributed by atoms with van der Waals surface area (Å²) < 4.78 is 80.6. The summed E-state index contributed by atoms with van der Waals surface area (Å²) >= 11 is 23.3. The molecule has 129 heavy (non-hydrogen) atoms. The fourth-order valence-electron chi connectivity index (χ4n) is 12.2. The molecule has 0 heterocycles. The quantitative estimate of drug-likeness (QED) is 0.0181. The molecule has 25 nitrogen and oxygen atoms in total. The predicted molar refractivity (Wildman–Crippen MR) is 496 cm³/mol. The van der Waals surface area contributed by atoms with E-state index in [1.165, 1.54) is 54.0 Å². The van der Waals surface area contributed by atoms with Gasteiger partial charge >= 0.3 is 41.8 Å². The Kier molecular flexibility index (Phi) is 46.9. The summed E-state index contributed by atoms with van der Waals surface area (Å²) in [5, 5.41) is 28.0. The van der Waals surface area contributed by atoms with Gasteiger partial charge in [-0.1, -0.05) is 166 Å². The highest BCUT2D eigenvalue weighted by molar-refractivity contribution is 6.18. The van der Waals surface area contributed by atoms with Crippen molar-refractivity contribution in [3.63, 3.8) is 0 Å². The summed E-state index contributed by atoms with van der Waals surface area (Å²) in [4.78, 5) is 77.6. The molecule has 0 aliphatic carbocycles. The minimum absolute atomic E-state index is 0.0444. The average molecular weight is 1870 g/mol. The van der Waals surface area contributed by atoms with Crippen LogP contribution < -0.4 is 37.9 Å². The van der Waals surface area contributed by atoms with Crippen LogP contribution >= 0.6 is 46.4 Å². The Balaban J connectivity index is 0.000000306. The molecule has 3 N–H and O–H groups in total. The van der Waals surface area contributed by atoms with Gasteiger partial charge in [0.25, 0.3) is 0 Å². The summed E-state index contributed by atoms with van der Waals surface area (Å²) in [5.74, 6) is 4.52. The first-order valence-electron chi connectivity index (χ1n) is 42.3. The normalized spacial score (nSPS) is 13.1. The molecule has 29 heteroatoms. The molecule has 0 radical (unpaired) electrons. The number of halogens is 4. The number of benzene rings is 8. The van der Waals surface area contributed by atoms with Crippen LogP contribution in [-0.2, 0) is 88.4 Å². The molecule has 0 aromatic heterocycles. The Bertz CT molecular complexity index is 4650. The van der Waals surface area contributed by atoms with Gasteiger partial charge in [-0.3, -0.25) is 33.6 Å². The molecule has 8 aromatic rings. The van der Waals surface area contributed by atoms with Gasteiger partial charge in [0.1, 0.15) is 130 Å². The largest absolute Gasteiger partial charge is 0.493 e. The van der Waals surface area contributed by atoms with Gasteiger partial charge in [-0.2, -0.15) is 0 Å². The Morgan fingerprint density at radius 1 is 0.248 bits per heavy atom. The first kappa shape index (κ1) is 109. The van der Waals surface area contributed by atoms with E-state index in [0.29, 0.717) is 71.3 Å². The summed E-state index contributed by atoms with van der Waals surface area (Å²) in [7, 11) is 0. The first-order chi connectivity index (χ1) is 61.1. The van der Waals surface area contributed by atoms with E-state index in [1.807, 2.05) is 177 Å². The minimum atomic E-state index is -0.893. The molecule has 704 valence electrons. The van der Waals surface area contributed by atoms with Crippen molar-refractivity contribution >= 4 is 88.2 Å². The van der Waals surface area contributed by atoms with Crippen LogP contribution in [0.3, 0.4) is 0 Å². The predicted octanol–water partition coefficient (Wildman–Crippen LogP) is 17.4. The van der Waals surface area contributed by atoms with Gasteiger partial charge in [0.2, 0.25) is 0 Å². The van der Waals surface area contributed by atoms with Crippen LogP contribution in [0.25, 0.3) is 0 Å². The minimum Gasteiger partial charge on any atom is -0.493 e. The average Bonchev–Trinajstić information content (AvgIpc) is 0.817. The molecular weight excluding hydrogens is 1740 g/mol. The van der Waals surface area contributed by atoms with Crippen molar-refractivity contribution in [2.45, 2.75) is 176 Å². The number of aliphatic hydroxyl groups excluding tert-OH is 3. The third kappa shape index (κ3) is 39.8. The fourth-order valence-corrected chi connectivity index (χ4v) is 12.7. The number of carbonyl (C=O) groups is 7. The molecule has 0 aliphatic heterocycles. The lowest BCUT2D eigenvalue weighted by atomic mass is 9.78. The van der Waals surface area contributed by atoms with E-state index in [9.17, 15) is 43.8 Å². The molecule has 0 unspecified atom stereocenters. The van der Waals surface area contributed by atoms with Crippen molar-refractivity contribution in [3.05, 3.63) is 239 Å². The molecular formula is C100H126Cl4O25. The number of alkyl halides is 4. The maximum Gasteiger partial charge on any atom is 0.303 e. The SMILES string of the molecule is CC(=O)OC[C@@H](O)COc1ccc(C(C)(C)c2ccc(OC[C@H](C)CCl)cc2)cc1.CC(=O)OC[C@H](COc1ccc(C(C)(C)c2ccc(OC[C@@H](CCl)OC(C)=O)cc2)cc1)OC(C)=O.CC(=O)OC[C@H](COc1ccc(C(C)(C)c2ccc(OC[C@H](C)CCl)cc2)cc1)OC(C)=O.CC(=O)O[C@H](CCl)COc1ccc(C(C)(C)c2ccc(OC[C@H](O)CO)cc2)cc1. The number of rotatable bonds is 47. The van der Waals surface area contributed by atoms with Crippen LogP contribution in [0.1, 0.15) is 162 Å². The highest BCUT2D eigenvalue weighted by atomic mass is 35.5. The van der Waals surface area contributed by atoms with Gasteiger partial charge in [0.15, 0.2) is 12.2 Å². The van der Waals surface area contributed by atoms with Crippen molar-refractivity contribution in [2.75, 3.05) is 103 Å². The number of hydrogen-bond donors (Lipinski definition) is 3. The van der Waals surface area contributed by atoms with E-state index in [0.717, 1.165) is 50.4 Å². The Morgan fingerprint density at radius 3 is 0.612 bits per heavy atom. The monoisotopic (exact) mass is 1870 g/mol. The van der Waals surface area contributed by atoms with Gasteiger partial charge in [0, 0.05) is 93.7 Å². The molecule has 8 aromatic carbocycles. The topological polar surface area (TPSA) is 319 Å². The fraction of sp³-hybridized carbons (Fsp3) is 0.450. The van der Waals surface area contributed by atoms with Crippen LogP contribution in [0.15, 0.2) is 194 Å². The zero-order valence-electron chi connectivity index (χ0n) is 76.7. The first-order valence-corrected chi connectivity index (χ1v) is 44.4. The smallest absolute Gasteiger partial charge is 0.303 e. The summed E-state index contributed by atoms with van der Waals surface area (Å²) in [6.45, 7) is 31.6. The highest BCUT2D eigenvalue weighted by Crippen LogP contribution is 2.38. The van der Waals surface area contributed by atoms with Gasteiger partial charge in [-0.15, -0.1) is 46.4 Å². The van der Waals surface area contributed by atoms with Crippen LogP contribution in [0, 0.1) is 11.8 Å². The molecule has 8 rings (SSSR count). The molecule has 0 amide bonds. The van der Waals surface area contributed by atoms with Crippen molar-refractivity contribution in [1.82, 2.24) is 0 Å². The van der Waals surface area contributed by atoms with Crippen LogP contribution in [0.5, 0.6) is 46.0 Å². The number of ether oxygens (including phenoxy) is 15. The molecule has 0 aliphatic rings. The zero-order valence-corrected chi connectivity index (χ0v) is 79.8. The Labute approximate surface area is 778 Å². The lowest BCUT2D eigenvalue weighted by Gasteiger charge is -2.27. The molecule has 0 spiro atoms. The summed E-state index contributed by atoms with van der Waals surface area (Å²) in [6, 6.07) is 62.5. The second kappa shape index (κ2) is 55.5. The third-order valence-electron chi connectivity index (χ3n) is 20.1. The standard InChI is InChI=1S/C27H33ClO8.C26H33ClO6.C24H31ClO5.C23H29ClO6/c1-18(29)32-16-26(36-20(3)31)17-34-24-12-8-22(9-13-24)27(4,5)21-6-10-23(11-7-21)33-15-25(14-28)35-19(2)30;1-18(14-27)15-31-23-10-6-21(7-11-23)26(4,5)22-8-12-24(13-9-22)32-17-25(33-20(3)29)16-30-19(2)28;1-17(13-25)14-29-22-9-5-19(6-10-22)24(3,4)20-7-11-23(12-8-20)30-16-21(27)15-28-18(2)26;1-16(26)30-22(12-24)15-29-21-10-6-18(7-11-21)23(2,3)17-4-8-20(9-5-17)28-14-19(27)13-25/h6-13,25-26H,14-17H2,1-5H3;6-13,18,25H,14-17H2,1-5H3;5-12,17,21,27H,13-16H2,1-4H3;4-11,19,22,25,27H,12-15H2,1-3H3/t25-,26-;18-,25-;17-,21-;19-,22-/m1111/s1. The maximum atomic E-state index is 11.3. The number of hydrogen-bond acceptors (Lipinski definition) is 25. The van der Waals surface area contributed by atoms with E-state index in [4.69, 9.17) is 123 Å².